The molecule has 0 bridgehead atoms. The molecule has 0 atom stereocenters. The summed E-state index contributed by atoms with van der Waals surface area (Å²) >= 11 is 0. The molecule has 9 nitrogen and oxygen atoms in total. The molecule has 2 amide bonds. The fraction of sp³-hybridized carbons (Fsp3) is 0.429. The fourth-order valence-electron chi connectivity index (χ4n) is 3.14. The molecule has 2 aromatic rings. The standard InChI is InChI=1S/C21H28N6O3/c1-15-19(16(2)24-20(23-15)27-11-9-26(3)10-12-27)25-18(28)13-22-21(29)30-14-17-7-5-4-6-8-17/h4-8H,9-14H2,1-3H3,(H,22,29)(H,25,28). The third-order valence-electron chi connectivity index (χ3n) is 4.92. The number of carbonyl (C=O) groups excluding carboxylic acids is 2. The lowest BCUT2D eigenvalue weighted by atomic mass is 10.2. The first-order chi connectivity index (χ1) is 14.4. The van der Waals surface area contributed by atoms with Gasteiger partial charge in [0.25, 0.3) is 0 Å². The Balaban J connectivity index is 1.50. The third-order valence-corrected chi connectivity index (χ3v) is 4.92. The molecule has 1 aromatic carbocycles. The van der Waals surface area contributed by atoms with Crippen molar-refractivity contribution in [1.29, 1.82) is 0 Å². The van der Waals surface area contributed by atoms with Crippen LogP contribution in [-0.2, 0) is 16.1 Å². The number of rotatable bonds is 6. The summed E-state index contributed by atoms with van der Waals surface area (Å²) in [4.78, 5) is 37.6. The molecule has 0 radical (unpaired) electrons. The molecular weight excluding hydrogens is 384 g/mol. The van der Waals surface area contributed by atoms with Gasteiger partial charge in [0.2, 0.25) is 11.9 Å². The van der Waals surface area contributed by atoms with Gasteiger partial charge in [0.05, 0.1) is 17.1 Å². The number of anilines is 2. The number of aryl methyl sites for hydroxylation is 2. The van der Waals surface area contributed by atoms with Gasteiger partial charge in [0, 0.05) is 26.2 Å². The van der Waals surface area contributed by atoms with E-state index in [1.54, 1.807) is 0 Å². The lowest BCUT2D eigenvalue weighted by Crippen LogP contribution is -2.45. The Kier molecular flexibility index (Phi) is 7.18. The Morgan fingerprint density at radius 1 is 1.03 bits per heavy atom. The Bertz CT molecular complexity index is 859. The molecule has 0 spiro atoms. The third kappa shape index (κ3) is 5.90. The molecule has 2 heterocycles. The van der Waals surface area contributed by atoms with Gasteiger partial charge in [-0.1, -0.05) is 30.3 Å². The molecule has 0 aliphatic carbocycles. The lowest BCUT2D eigenvalue weighted by Gasteiger charge is -2.32. The number of nitrogens with one attached hydrogen (secondary N) is 2. The van der Waals surface area contributed by atoms with Crippen LogP contribution in [0.5, 0.6) is 0 Å². The second kappa shape index (κ2) is 10.0. The van der Waals surface area contributed by atoms with Crippen molar-refractivity contribution in [3.63, 3.8) is 0 Å². The van der Waals surface area contributed by atoms with Crippen LogP contribution in [0.2, 0.25) is 0 Å². The van der Waals surface area contributed by atoms with E-state index in [1.165, 1.54) is 0 Å². The largest absolute Gasteiger partial charge is 0.445 e. The van der Waals surface area contributed by atoms with Crippen LogP contribution in [0.15, 0.2) is 30.3 Å². The van der Waals surface area contributed by atoms with Crippen LogP contribution in [-0.4, -0.2) is 66.6 Å². The Labute approximate surface area is 176 Å². The number of ether oxygens (including phenoxy) is 1. The molecule has 160 valence electrons. The van der Waals surface area contributed by atoms with Crippen LogP contribution in [0.25, 0.3) is 0 Å². The van der Waals surface area contributed by atoms with E-state index in [2.05, 4.69) is 37.4 Å². The highest BCUT2D eigenvalue weighted by Gasteiger charge is 2.19. The summed E-state index contributed by atoms with van der Waals surface area (Å²) in [7, 11) is 2.10. The summed E-state index contributed by atoms with van der Waals surface area (Å²) in [5.41, 5.74) is 2.83. The number of nitrogens with zero attached hydrogens (tertiary/aromatic N) is 4. The first-order valence-electron chi connectivity index (χ1n) is 9.95. The van der Waals surface area contributed by atoms with Gasteiger partial charge in [-0.3, -0.25) is 4.79 Å². The summed E-state index contributed by atoms with van der Waals surface area (Å²) in [5.74, 6) is 0.313. The maximum absolute atomic E-state index is 12.3. The number of piperazine rings is 1. The van der Waals surface area contributed by atoms with E-state index in [0.29, 0.717) is 23.0 Å². The number of benzene rings is 1. The molecule has 0 saturated carbocycles. The topological polar surface area (TPSA) is 99.7 Å². The number of alkyl carbamates (subject to hydrolysis) is 1. The minimum atomic E-state index is -0.649. The highest BCUT2D eigenvalue weighted by molar-refractivity contribution is 5.94. The first kappa shape index (κ1) is 21.5. The van der Waals surface area contributed by atoms with Crippen molar-refractivity contribution in [2.75, 3.05) is 50.0 Å². The number of amides is 2. The molecule has 1 fully saturated rings. The predicted molar refractivity (Wildman–Crippen MR) is 114 cm³/mol. The SMILES string of the molecule is Cc1nc(N2CCN(C)CC2)nc(C)c1NC(=O)CNC(=O)OCc1ccccc1. The van der Waals surface area contributed by atoms with Crippen LogP contribution >= 0.6 is 0 Å². The normalized spacial score (nSPS) is 14.3. The smallest absolute Gasteiger partial charge is 0.407 e. The molecule has 1 aliphatic rings. The highest BCUT2D eigenvalue weighted by Crippen LogP contribution is 2.21. The van der Waals surface area contributed by atoms with E-state index in [-0.39, 0.29) is 19.1 Å². The molecule has 0 unspecified atom stereocenters. The Hall–Kier alpha value is -3.20. The van der Waals surface area contributed by atoms with E-state index in [9.17, 15) is 9.59 Å². The van der Waals surface area contributed by atoms with Crippen LogP contribution in [0, 0.1) is 13.8 Å². The van der Waals surface area contributed by atoms with Crippen molar-refractivity contribution < 1.29 is 14.3 Å². The van der Waals surface area contributed by atoms with Gasteiger partial charge in [-0.25, -0.2) is 14.8 Å². The van der Waals surface area contributed by atoms with Crippen molar-refractivity contribution in [1.82, 2.24) is 20.2 Å². The van der Waals surface area contributed by atoms with Crippen molar-refractivity contribution >= 4 is 23.6 Å². The minimum Gasteiger partial charge on any atom is -0.445 e. The second-order valence-electron chi connectivity index (χ2n) is 7.32. The summed E-state index contributed by atoms with van der Waals surface area (Å²) in [6.07, 6.45) is -0.649. The van der Waals surface area contributed by atoms with Crippen molar-refractivity contribution in [3.05, 3.63) is 47.3 Å². The average molecular weight is 412 g/mol. The fourth-order valence-corrected chi connectivity index (χ4v) is 3.14. The molecule has 3 rings (SSSR count). The average Bonchev–Trinajstić information content (AvgIpc) is 2.74. The van der Waals surface area contributed by atoms with Crippen LogP contribution in [0.4, 0.5) is 16.4 Å². The zero-order valence-corrected chi connectivity index (χ0v) is 17.6. The van der Waals surface area contributed by atoms with Gasteiger partial charge < -0.3 is 25.2 Å². The monoisotopic (exact) mass is 412 g/mol. The number of hydrogen-bond donors (Lipinski definition) is 2. The van der Waals surface area contributed by atoms with Crippen LogP contribution in [0.1, 0.15) is 17.0 Å². The molecule has 1 aliphatic heterocycles. The van der Waals surface area contributed by atoms with Crippen molar-refractivity contribution in [3.8, 4) is 0 Å². The van der Waals surface area contributed by atoms with Gasteiger partial charge in [-0.15, -0.1) is 0 Å². The van der Waals surface area contributed by atoms with Gasteiger partial charge in [-0.2, -0.15) is 0 Å². The zero-order valence-electron chi connectivity index (χ0n) is 17.6. The van der Waals surface area contributed by atoms with Crippen LogP contribution in [0.3, 0.4) is 0 Å². The van der Waals surface area contributed by atoms with Crippen molar-refractivity contribution in [2.24, 2.45) is 0 Å². The number of hydrogen-bond acceptors (Lipinski definition) is 7. The second-order valence-corrected chi connectivity index (χ2v) is 7.32. The molecule has 30 heavy (non-hydrogen) atoms. The van der Waals surface area contributed by atoms with E-state index >= 15 is 0 Å². The lowest BCUT2D eigenvalue weighted by molar-refractivity contribution is -0.115. The van der Waals surface area contributed by atoms with Gasteiger partial charge >= 0.3 is 6.09 Å². The summed E-state index contributed by atoms with van der Waals surface area (Å²) in [6.45, 7) is 7.29. The zero-order chi connectivity index (χ0) is 21.5. The van der Waals surface area contributed by atoms with E-state index in [1.807, 2.05) is 44.2 Å². The maximum atomic E-state index is 12.3. The van der Waals surface area contributed by atoms with Gasteiger partial charge in [0.1, 0.15) is 13.2 Å². The van der Waals surface area contributed by atoms with E-state index in [4.69, 9.17) is 4.74 Å². The molecule has 9 heteroatoms. The van der Waals surface area contributed by atoms with Gasteiger partial charge in [-0.05, 0) is 26.5 Å². The first-order valence-corrected chi connectivity index (χ1v) is 9.95. The Morgan fingerprint density at radius 3 is 2.30 bits per heavy atom. The minimum absolute atomic E-state index is 0.147. The van der Waals surface area contributed by atoms with E-state index < -0.39 is 6.09 Å². The summed E-state index contributed by atoms with van der Waals surface area (Å²) in [5, 5.41) is 5.24. The summed E-state index contributed by atoms with van der Waals surface area (Å²) < 4.78 is 5.10. The van der Waals surface area contributed by atoms with Crippen molar-refractivity contribution in [2.45, 2.75) is 20.5 Å². The van der Waals surface area contributed by atoms with Gasteiger partial charge in [0.15, 0.2) is 0 Å². The van der Waals surface area contributed by atoms with E-state index in [0.717, 1.165) is 31.7 Å². The maximum Gasteiger partial charge on any atom is 0.407 e. The Morgan fingerprint density at radius 2 is 1.67 bits per heavy atom. The number of aromatic nitrogens is 2. The molecule has 1 saturated heterocycles. The quantitative estimate of drug-likeness (QED) is 0.745. The number of carbonyl (C=O) groups is 2. The molecule has 2 N–H and O–H groups in total. The highest BCUT2D eigenvalue weighted by atomic mass is 16.5. The molecular formula is C21H28N6O3. The molecule has 1 aromatic heterocycles. The summed E-state index contributed by atoms with van der Waals surface area (Å²) in [6, 6.07) is 9.34. The predicted octanol–water partition coefficient (Wildman–Crippen LogP) is 1.71. The van der Waals surface area contributed by atoms with Crippen LogP contribution < -0.4 is 15.5 Å². The number of likely N-dealkylation sites (N-methyl/N-ethyl adjacent to an activating group) is 1.